The SMILES string of the molecule is CCOP(=O)(OCC)C(Cc1ccc(Cl)c(Cl)c1)C1Sc2ccccc2C1Br. The molecule has 0 fully saturated rings. The monoisotopic (exact) mass is 522 g/mol. The Kier molecular flexibility index (Phi) is 8.00. The van der Waals surface area contributed by atoms with E-state index in [9.17, 15) is 4.57 Å². The van der Waals surface area contributed by atoms with Gasteiger partial charge in [-0.3, -0.25) is 4.57 Å². The minimum absolute atomic E-state index is 0.00390. The average molecular weight is 524 g/mol. The molecule has 2 aromatic rings. The number of benzene rings is 2. The minimum atomic E-state index is -3.36. The van der Waals surface area contributed by atoms with E-state index in [4.69, 9.17) is 32.2 Å². The molecule has 28 heavy (non-hydrogen) atoms. The van der Waals surface area contributed by atoms with E-state index < -0.39 is 7.60 Å². The van der Waals surface area contributed by atoms with E-state index in [0.29, 0.717) is 29.7 Å². The largest absolute Gasteiger partial charge is 0.335 e. The number of hydrogen-bond acceptors (Lipinski definition) is 4. The van der Waals surface area contributed by atoms with Crippen LogP contribution in [0, 0.1) is 0 Å². The van der Waals surface area contributed by atoms with Crippen molar-refractivity contribution in [3.8, 4) is 0 Å². The predicted molar refractivity (Wildman–Crippen MR) is 123 cm³/mol. The third-order valence-electron chi connectivity index (χ3n) is 4.60. The summed E-state index contributed by atoms with van der Waals surface area (Å²) in [6.07, 6.45) is 0.516. The van der Waals surface area contributed by atoms with Crippen molar-refractivity contribution in [2.45, 2.75) is 40.9 Å². The fourth-order valence-electron chi connectivity index (χ4n) is 3.38. The molecule has 8 heteroatoms. The Morgan fingerprint density at radius 1 is 1.11 bits per heavy atom. The van der Waals surface area contributed by atoms with Crippen LogP contribution in [0.15, 0.2) is 47.4 Å². The van der Waals surface area contributed by atoms with Crippen molar-refractivity contribution in [2.75, 3.05) is 13.2 Å². The summed E-state index contributed by atoms with van der Waals surface area (Å²) in [7, 11) is -3.36. The molecule has 152 valence electrons. The van der Waals surface area contributed by atoms with Gasteiger partial charge in [0, 0.05) is 10.1 Å². The first kappa shape index (κ1) is 22.7. The van der Waals surface area contributed by atoms with Gasteiger partial charge in [-0.15, -0.1) is 11.8 Å². The molecular formula is C20H22BrCl2O3PS. The van der Waals surface area contributed by atoms with Crippen LogP contribution < -0.4 is 0 Å². The second-order valence-corrected chi connectivity index (χ2v) is 11.7. The molecule has 3 unspecified atom stereocenters. The van der Waals surface area contributed by atoms with Crippen molar-refractivity contribution in [3.05, 3.63) is 63.6 Å². The molecule has 0 spiro atoms. The molecule has 0 amide bonds. The van der Waals surface area contributed by atoms with E-state index in [2.05, 4.69) is 28.1 Å². The number of thioether (sulfide) groups is 1. The molecule has 0 aliphatic carbocycles. The lowest BCUT2D eigenvalue weighted by Gasteiger charge is -2.32. The van der Waals surface area contributed by atoms with Crippen molar-refractivity contribution in [3.63, 3.8) is 0 Å². The van der Waals surface area contributed by atoms with E-state index in [0.717, 1.165) is 5.56 Å². The van der Waals surface area contributed by atoms with Gasteiger partial charge in [-0.1, -0.05) is 63.4 Å². The highest BCUT2D eigenvalue weighted by atomic mass is 79.9. The van der Waals surface area contributed by atoms with Crippen LogP contribution >= 0.6 is 58.5 Å². The van der Waals surface area contributed by atoms with E-state index >= 15 is 0 Å². The average Bonchev–Trinajstić information content (AvgIpc) is 2.99. The zero-order valence-electron chi connectivity index (χ0n) is 15.6. The molecule has 0 saturated carbocycles. The predicted octanol–water partition coefficient (Wildman–Crippen LogP) is 7.78. The van der Waals surface area contributed by atoms with Crippen molar-refractivity contribution in [2.24, 2.45) is 0 Å². The van der Waals surface area contributed by atoms with Crippen molar-refractivity contribution >= 4 is 58.5 Å². The summed E-state index contributed by atoms with van der Waals surface area (Å²) in [5, 5.41) is 0.981. The van der Waals surface area contributed by atoms with Crippen LogP contribution in [0.25, 0.3) is 0 Å². The first-order valence-corrected chi connectivity index (χ1v) is 13.3. The summed E-state index contributed by atoms with van der Waals surface area (Å²) in [4.78, 5) is 1.24. The fourth-order valence-corrected chi connectivity index (χ4v) is 9.25. The first-order chi connectivity index (χ1) is 13.4. The maximum atomic E-state index is 13.8. The molecule has 1 aliphatic heterocycles. The summed E-state index contributed by atoms with van der Waals surface area (Å²) in [6, 6.07) is 13.8. The van der Waals surface area contributed by atoms with Crippen LogP contribution in [0.3, 0.4) is 0 Å². The van der Waals surface area contributed by atoms with E-state index in [1.807, 2.05) is 38.1 Å². The zero-order chi connectivity index (χ0) is 20.3. The number of halogens is 3. The molecule has 0 N–H and O–H groups in total. The zero-order valence-corrected chi connectivity index (χ0v) is 20.4. The van der Waals surface area contributed by atoms with Crippen LogP contribution in [0.5, 0.6) is 0 Å². The van der Waals surface area contributed by atoms with E-state index in [1.54, 1.807) is 17.8 Å². The van der Waals surface area contributed by atoms with Crippen LogP contribution in [-0.2, 0) is 20.0 Å². The quantitative estimate of drug-likeness (QED) is 0.261. The normalized spacial score (nSPS) is 20.2. The fraction of sp³-hybridized carbons (Fsp3) is 0.400. The third-order valence-corrected chi connectivity index (χ3v) is 11.0. The van der Waals surface area contributed by atoms with Gasteiger partial charge in [0.25, 0.3) is 0 Å². The van der Waals surface area contributed by atoms with Gasteiger partial charge in [-0.2, -0.15) is 0 Å². The van der Waals surface area contributed by atoms with Gasteiger partial charge in [0.05, 0.1) is 33.7 Å². The Balaban J connectivity index is 1.99. The van der Waals surface area contributed by atoms with Gasteiger partial charge in [-0.25, -0.2) is 0 Å². The van der Waals surface area contributed by atoms with Crippen molar-refractivity contribution < 1.29 is 13.6 Å². The number of hydrogen-bond donors (Lipinski definition) is 0. The second kappa shape index (κ2) is 9.87. The summed E-state index contributed by atoms with van der Waals surface area (Å²) in [5.74, 6) is 0. The summed E-state index contributed by atoms with van der Waals surface area (Å²) >= 11 is 17.8. The maximum Gasteiger partial charge on any atom is 0.335 e. The molecule has 1 aliphatic rings. The van der Waals surface area contributed by atoms with Gasteiger partial charge in [0.15, 0.2) is 0 Å². The third kappa shape index (κ3) is 4.83. The van der Waals surface area contributed by atoms with Gasteiger partial charge in [0.2, 0.25) is 0 Å². The number of alkyl halides is 1. The molecule has 0 saturated heterocycles. The van der Waals surface area contributed by atoms with Crippen LogP contribution in [0.2, 0.25) is 10.0 Å². The molecular weight excluding hydrogens is 502 g/mol. The molecule has 0 bridgehead atoms. The van der Waals surface area contributed by atoms with Gasteiger partial charge >= 0.3 is 7.60 Å². The van der Waals surface area contributed by atoms with Crippen molar-refractivity contribution in [1.82, 2.24) is 0 Å². The lowest BCUT2D eigenvalue weighted by atomic mass is 10.0. The Labute approximate surface area is 189 Å². The smallest absolute Gasteiger partial charge is 0.309 e. The van der Waals surface area contributed by atoms with Crippen molar-refractivity contribution in [1.29, 1.82) is 0 Å². The van der Waals surface area contributed by atoms with Crippen LogP contribution in [0.1, 0.15) is 29.8 Å². The van der Waals surface area contributed by atoms with Crippen LogP contribution in [-0.4, -0.2) is 24.1 Å². The van der Waals surface area contributed by atoms with Crippen LogP contribution in [0.4, 0.5) is 0 Å². The van der Waals surface area contributed by atoms with E-state index in [1.165, 1.54) is 10.5 Å². The highest BCUT2D eigenvalue weighted by Gasteiger charge is 2.47. The Bertz CT molecular complexity index is 872. The summed E-state index contributed by atoms with van der Waals surface area (Å²) in [6.45, 7) is 4.33. The molecule has 1 heterocycles. The molecule has 0 radical (unpaired) electrons. The lowest BCUT2D eigenvalue weighted by Crippen LogP contribution is -2.29. The van der Waals surface area contributed by atoms with Gasteiger partial charge < -0.3 is 9.05 Å². The molecule has 3 rings (SSSR count). The van der Waals surface area contributed by atoms with Gasteiger partial charge in [0.1, 0.15) is 0 Å². The molecule has 3 nitrogen and oxygen atoms in total. The van der Waals surface area contributed by atoms with E-state index in [-0.39, 0.29) is 15.7 Å². The maximum absolute atomic E-state index is 13.8. The molecule has 3 atom stereocenters. The Hall–Kier alpha value is -0.000000000000000111. The highest BCUT2D eigenvalue weighted by Crippen LogP contribution is 2.63. The minimum Gasteiger partial charge on any atom is -0.309 e. The Morgan fingerprint density at radius 3 is 2.39 bits per heavy atom. The Morgan fingerprint density at radius 2 is 1.79 bits per heavy atom. The molecule has 2 aromatic carbocycles. The topological polar surface area (TPSA) is 35.5 Å². The molecule has 0 aromatic heterocycles. The lowest BCUT2D eigenvalue weighted by molar-refractivity contribution is 0.211. The summed E-state index contributed by atoms with van der Waals surface area (Å²) in [5.41, 5.74) is 1.82. The standard InChI is InChI=1S/C20H22BrCl2O3PS/c1-3-25-27(24,26-4-2)17(12-13-9-10-15(22)16(23)11-13)20-19(21)14-7-5-6-8-18(14)28-20/h5-11,17,19-20H,3-4,12H2,1-2H3. The second-order valence-electron chi connectivity index (χ2n) is 6.42. The number of rotatable bonds is 8. The highest BCUT2D eigenvalue weighted by molar-refractivity contribution is 9.09. The van der Waals surface area contributed by atoms with Gasteiger partial charge in [-0.05, 0) is 49.6 Å². The summed E-state index contributed by atoms with van der Waals surface area (Å²) < 4.78 is 25.3. The first-order valence-electron chi connectivity index (χ1n) is 9.12. The number of fused-ring (bicyclic) bond motifs is 1.